The van der Waals surface area contributed by atoms with Crippen LogP contribution in [0.3, 0.4) is 0 Å². The topological polar surface area (TPSA) is 51.5 Å². The van der Waals surface area contributed by atoms with Crippen molar-refractivity contribution in [2.24, 2.45) is 5.41 Å². The van der Waals surface area contributed by atoms with Crippen LogP contribution in [0.25, 0.3) is 0 Å². The van der Waals surface area contributed by atoms with Gasteiger partial charge in [0.15, 0.2) is 0 Å². The molecule has 4 nitrogen and oxygen atoms in total. The smallest absolute Gasteiger partial charge is 0.312 e. The molecule has 90 valence electrons. The number of rotatable bonds is 5. The normalized spacial score (nSPS) is 11.5. The second-order valence-corrected chi connectivity index (χ2v) is 4.49. The third-order valence-electron chi connectivity index (χ3n) is 2.40. The van der Waals surface area contributed by atoms with E-state index in [2.05, 4.69) is 5.32 Å². The summed E-state index contributed by atoms with van der Waals surface area (Å²) >= 11 is 0. The number of ether oxygens (including phenoxy) is 1. The molecule has 1 heterocycles. The van der Waals surface area contributed by atoms with Gasteiger partial charge in [-0.1, -0.05) is 0 Å². The molecule has 1 rings (SSSR count). The molecule has 1 N–H and O–H groups in total. The fourth-order valence-electron chi connectivity index (χ4n) is 1.43. The molecule has 0 fully saturated rings. The third-order valence-corrected chi connectivity index (χ3v) is 2.40. The standard InChI is InChI=1S/C12H19NO3/c1-9-5-6-10(16-9)7-13-8-12(2,3)11(14)15-4/h5-6,13H,7-8H2,1-4H3. The van der Waals surface area contributed by atoms with Gasteiger partial charge in [0.05, 0.1) is 19.1 Å². The van der Waals surface area contributed by atoms with Crippen molar-refractivity contribution >= 4 is 5.97 Å². The first-order chi connectivity index (χ1) is 7.45. The maximum atomic E-state index is 11.4. The molecule has 0 saturated heterocycles. The summed E-state index contributed by atoms with van der Waals surface area (Å²) in [7, 11) is 1.40. The minimum Gasteiger partial charge on any atom is -0.469 e. The molecule has 16 heavy (non-hydrogen) atoms. The summed E-state index contributed by atoms with van der Waals surface area (Å²) in [5, 5.41) is 3.18. The molecule has 4 heteroatoms. The lowest BCUT2D eigenvalue weighted by molar-refractivity contribution is -0.150. The van der Waals surface area contributed by atoms with Gasteiger partial charge in [0.2, 0.25) is 0 Å². The molecule has 0 amide bonds. The summed E-state index contributed by atoms with van der Waals surface area (Å²) in [5.74, 6) is 1.55. The first-order valence-corrected chi connectivity index (χ1v) is 5.30. The van der Waals surface area contributed by atoms with Crippen LogP contribution < -0.4 is 5.32 Å². The Labute approximate surface area is 96.0 Å². The van der Waals surface area contributed by atoms with Crippen LogP contribution in [0.1, 0.15) is 25.4 Å². The van der Waals surface area contributed by atoms with Crippen molar-refractivity contribution in [3.8, 4) is 0 Å². The summed E-state index contributed by atoms with van der Waals surface area (Å²) in [4.78, 5) is 11.4. The van der Waals surface area contributed by atoms with Crippen molar-refractivity contribution in [2.75, 3.05) is 13.7 Å². The number of esters is 1. The van der Waals surface area contributed by atoms with Crippen molar-refractivity contribution in [3.05, 3.63) is 23.7 Å². The van der Waals surface area contributed by atoms with Gasteiger partial charge in [0.1, 0.15) is 11.5 Å². The van der Waals surface area contributed by atoms with E-state index in [4.69, 9.17) is 9.15 Å². The average Bonchev–Trinajstić information content (AvgIpc) is 2.62. The van der Waals surface area contributed by atoms with E-state index in [1.54, 1.807) is 0 Å². The van der Waals surface area contributed by atoms with Crippen LogP contribution >= 0.6 is 0 Å². The molecule has 0 saturated carbocycles. The number of carbonyl (C=O) groups is 1. The number of hydrogen-bond acceptors (Lipinski definition) is 4. The first-order valence-electron chi connectivity index (χ1n) is 5.30. The van der Waals surface area contributed by atoms with Crippen LogP contribution in [0.2, 0.25) is 0 Å². The minimum absolute atomic E-state index is 0.212. The van der Waals surface area contributed by atoms with Crippen molar-refractivity contribution in [1.82, 2.24) is 5.32 Å². The first kappa shape index (κ1) is 12.8. The molecule has 0 bridgehead atoms. The van der Waals surface area contributed by atoms with Gasteiger partial charge in [-0.3, -0.25) is 4.79 Å². The van der Waals surface area contributed by atoms with E-state index in [1.807, 2.05) is 32.9 Å². The van der Waals surface area contributed by atoms with Gasteiger partial charge < -0.3 is 14.5 Å². The Bertz CT molecular complexity index is 355. The second-order valence-electron chi connectivity index (χ2n) is 4.49. The number of carbonyl (C=O) groups excluding carboxylic acids is 1. The molecule has 0 unspecified atom stereocenters. The molecule has 0 aliphatic carbocycles. The summed E-state index contributed by atoms with van der Waals surface area (Å²) in [5.41, 5.74) is -0.517. The highest BCUT2D eigenvalue weighted by atomic mass is 16.5. The zero-order chi connectivity index (χ0) is 12.2. The second kappa shape index (κ2) is 5.16. The molecule has 1 aromatic rings. The molecule has 0 spiro atoms. The number of methoxy groups -OCH3 is 1. The molecular formula is C12H19NO3. The number of furan rings is 1. The minimum atomic E-state index is -0.517. The van der Waals surface area contributed by atoms with Gasteiger partial charge in [-0.05, 0) is 32.9 Å². The van der Waals surface area contributed by atoms with Gasteiger partial charge in [0, 0.05) is 6.54 Å². The zero-order valence-corrected chi connectivity index (χ0v) is 10.3. The Morgan fingerprint density at radius 2 is 2.19 bits per heavy atom. The lowest BCUT2D eigenvalue weighted by Gasteiger charge is -2.21. The summed E-state index contributed by atoms with van der Waals surface area (Å²) < 4.78 is 10.1. The van der Waals surface area contributed by atoms with E-state index in [1.165, 1.54) is 7.11 Å². The Morgan fingerprint density at radius 3 is 2.69 bits per heavy atom. The maximum absolute atomic E-state index is 11.4. The fourth-order valence-corrected chi connectivity index (χ4v) is 1.43. The van der Waals surface area contributed by atoms with Crippen molar-refractivity contribution < 1.29 is 13.9 Å². The molecule has 1 aromatic heterocycles. The quantitative estimate of drug-likeness (QED) is 0.777. The van der Waals surface area contributed by atoms with Crippen LogP contribution in [0, 0.1) is 12.3 Å². The average molecular weight is 225 g/mol. The van der Waals surface area contributed by atoms with E-state index in [0.717, 1.165) is 11.5 Å². The van der Waals surface area contributed by atoms with Gasteiger partial charge in [-0.25, -0.2) is 0 Å². The lowest BCUT2D eigenvalue weighted by Crippen LogP contribution is -2.36. The summed E-state index contributed by atoms with van der Waals surface area (Å²) in [6, 6.07) is 3.84. The van der Waals surface area contributed by atoms with Gasteiger partial charge in [0.25, 0.3) is 0 Å². The van der Waals surface area contributed by atoms with E-state index in [9.17, 15) is 4.79 Å². The Balaban J connectivity index is 2.38. The van der Waals surface area contributed by atoms with Crippen molar-refractivity contribution in [2.45, 2.75) is 27.3 Å². The molecule has 0 aliphatic heterocycles. The van der Waals surface area contributed by atoms with Crippen molar-refractivity contribution in [1.29, 1.82) is 0 Å². The maximum Gasteiger partial charge on any atom is 0.312 e. The largest absolute Gasteiger partial charge is 0.469 e. The highest BCUT2D eigenvalue weighted by Gasteiger charge is 2.28. The highest BCUT2D eigenvalue weighted by molar-refractivity contribution is 5.76. The highest BCUT2D eigenvalue weighted by Crippen LogP contribution is 2.15. The molecule has 0 atom stereocenters. The van der Waals surface area contributed by atoms with Crippen molar-refractivity contribution in [3.63, 3.8) is 0 Å². The van der Waals surface area contributed by atoms with Crippen LogP contribution in [0.4, 0.5) is 0 Å². The van der Waals surface area contributed by atoms with E-state index in [-0.39, 0.29) is 5.97 Å². The third kappa shape index (κ3) is 3.38. The summed E-state index contributed by atoms with van der Waals surface area (Å²) in [6.45, 7) is 6.77. The predicted molar refractivity (Wildman–Crippen MR) is 60.9 cm³/mol. The van der Waals surface area contributed by atoms with E-state index < -0.39 is 5.41 Å². The van der Waals surface area contributed by atoms with Crippen LogP contribution in [-0.2, 0) is 16.1 Å². The van der Waals surface area contributed by atoms with Gasteiger partial charge in [-0.15, -0.1) is 0 Å². The monoisotopic (exact) mass is 225 g/mol. The molecule has 0 aliphatic rings. The molecular weight excluding hydrogens is 206 g/mol. The number of nitrogens with one attached hydrogen (secondary N) is 1. The Hall–Kier alpha value is -1.29. The van der Waals surface area contributed by atoms with Crippen LogP contribution in [0.5, 0.6) is 0 Å². The van der Waals surface area contributed by atoms with Gasteiger partial charge in [-0.2, -0.15) is 0 Å². The molecule has 0 radical (unpaired) electrons. The Morgan fingerprint density at radius 1 is 1.50 bits per heavy atom. The zero-order valence-electron chi connectivity index (χ0n) is 10.3. The Kier molecular flexibility index (Phi) is 4.12. The SMILES string of the molecule is COC(=O)C(C)(C)CNCc1ccc(C)o1. The lowest BCUT2D eigenvalue weighted by atomic mass is 9.94. The van der Waals surface area contributed by atoms with E-state index in [0.29, 0.717) is 13.1 Å². The molecule has 0 aromatic carbocycles. The number of aryl methyl sites for hydroxylation is 1. The van der Waals surface area contributed by atoms with Crippen LogP contribution in [0.15, 0.2) is 16.5 Å². The number of hydrogen-bond donors (Lipinski definition) is 1. The summed E-state index contributed by atoms with van der Waals surface area (Å²) in [6.07, 6.45) is 0. The predicted octanol–water partition coefficient (Wildman–Crippen LogP) is 1.88. The van der Waals surface area contributed by atoms with Gasteiger partial charge >= 0.3 is 5.97 Å². The fraction of sp³-hybridized carbons (Fsp3) is 0.583. The van der Waals surface area contributed by atoms with E-state index >= 15 is 0 Å². The van der Waals surface area contributed by atoms with Crippen LogP contribution in [-0.4, -0.2) is 19.6 Å².